The van der Waals surface area contributed by atoms with Crippen LogP contribution in [0.15, 0.2) is 12.4 Å². The lowest BCUT2D eigenvalue weighted by Crippen LogP contribution is -2.40. The quantitative estimate of drug-likeness (QED) is 0.781. The van der Waals surface area contributed by atoms with Gasteiger partial charge in [-0.15, -0.1) is 11.8 Å². The molecular weight excluding hydrogens is 318 g/mol. The van der Waals surface area contributed by atoms with Gasteiger partial charge in [-0.05, 0) is 31.6 Å². The normalized spacial score (nSPS) is 20.2. The first kappa shape index (κ1) is 17.8. The van der Waals surface area contributed by atoms with Gasteiger partial charge in [0.25, 0.3) is 0 Å². The Bertz CT molecular complexity index is 528. The minimum atomic E-state index is 0.357. The zero-order chi connectivity index (χ0) is 16.9. The first-order valence-corrected chi connectivity index (χ1v) is 10.6. The highest BCUT2D eigenvalue weighted by Gasteiger charge is 2.25. The first-order valence-electron chi connectivity index (χ1n) is 9.54. The van der Waals surface area contributed by atoms with Gasteiger partial charge in [0.1, 0.15) is 5.82 Å². The number of amides is 1. The average Bonchev–Trinajstić information content (AvgIpc) is 3.25. The van der Waals surface area contributed by atoms with Crippen molar-refractivity contribution >= 4 is 17.7 Å². The number of piperidine rings is 1. The van der Waals surface area contributed by atoms with Crippen molar-refractivity contribution in [3.8, 4) is 0 Å². The highest BCUT2D eigenvalue weighted by atomic mass is 32.2. The van der Waals surface area contributed by atoms with E-state index in [0.717, 1.165) is 37.7 Å². The maximum absolute atomic E-state index is 12.4. The third-order valence-corrected chi connectivity index (χ3v) is 6.79. The molecule has 1 aromatic rings. The fraction of sp³-hybridized carbons (Fsp3) is 0.789. The number of likely N-dealkylation sites (tertiary alicyclic amines) is 1. The summed E-state index contributed by atoms with van der Waals surface area (Å²) >= 11 is 1.89. The number of hydrogen-bond acceptors (Lipinski definition) is 3. The van der Waals surface area contributed by atoms with E-state index in [4.69, 9.17) is 0 Å². The number of rotatable bonds is 6. The summed E-state index contributed by atoms with van der Waals surface area (Å²) in [6, 6.07) is 0. The highest BCUT2D eigenvalue weighted by molar-refractivity contribution is 8.00. The van der Waals surface area contributed by atoms with E-state index in [1.807, 2.05) is 18.0 Å². The molecule has 0 unspecified atom stereocenters. The van der Waals surface area contributed by atoms with E-state index in [2.05, 4.69) is 34.5 Å². The molecule has 1 aliphatic heterocycles. The highest BCUT2D eigenvalue weighted by Crippen LogP contribution is 2.30. The molecule has 0 aromatic carbocycles. The number of carbonyl (C=O) groups is 1. The lowest BCUT2D eigenvalue weighted by Gasteiger charge is -2.32. The fourth-order valence-electron chi connectivity index (χ4n) is 3.95. The summed E-state index contributed by atoms with van der Waals surface area (Å²) in [7, 11) is 0. The van der Waals surface area contributed by atoms with Crippen LogP contribution in [0.4, 0.5) is 0 Å². The van der Waals surface area contributed by atoms with E-state index in [-0.39, 0.29) is 0 Å². The molecule has 2 fully saturated rings. The van der Waals surface area contributed by atoms with Crippen molar-refractivity contribution in [2.24, 2.45) is 5.92 Å². The summed E-state index contributed by atoms with van der Waals surface area (Å²) in [4.78, 5) is 19.0. The van der Waals surface area contributed by atoms with Crippen molar-refractivity contribution in [2.45, 2.75) is 70.1 Å². The summed E-state index contributed by atoms with van der Waals surface area (Å²) in [5.74, 6) is 3.36. The summed E-state index contributed by atoms with van der Waals surface area (Å²) in [6.45, 7) is 7.30. The molecule has 1 aromatic heterocycles. The molecule has 24 heavy (non-hydrogen) atoms. The molecule has 4 nitrogen and oxygen atoms in total. The van der Waals surface area contributed by atoms with Gasteiger partial charge in [-0.3, -0.25) is 4.79 Å². The molecular formula is C19H31N3OS. The number of hydrogen-bond donors (Lipinski definition) is 0. The molecule has 0 bridgehead atoms. The summed E-state index contributed by atoms with van der Waals surface area (Å²) in [5.41, 5.74) is 0. The second kappa shape index (κ2) is 8.41. The molecule has 1 saturated heterocycles. The Hall–Kier alpha value is -0.970. The Morgan fingerprint density at radius 1 is 1.25 bits per heavy atom. The van der Waals surface area contributed by atoms with E-state index in [1.165, 1.54) is 31.5 Å². The molecule has 1 saturated carbocycles. The van der Waals surface area contributed by atoms with Crippen molar-refractivity contribution in [3.05, 3.63) is 18.2 Å². The Morgan fingerprint density at radius 3 is 2.62 bits per heavy atom. The topological polar surface area (TPSA) is 38.1 Å². The first-order chi connectivity index (χ1) is 11.6. The van der Waals surface area contributed by atoms with Gasteiger partial charge in [0, 0.05) is 43.2 Å². The zero-order valence-corrected chi connectivity index (χ0v) is 15.9. The van der Waals surface area contributed by atoms with Crippen LogP contribution < -0.4 is 0 Å². The lowest BCUT2D eigenvalue weighted by atomic mass is 9.96. The standard InChI is InChI=1S/C19H31N3OS/c1-15(2)19-20-9-12-22(19)13-16-7-10-21(11-8-16)18(23)14-24-17-5-3-4-6-17/h9,12,15-17H,3-8,10-11,13-14H2,1-2H3. The Morgan fingerprint density at radius 2 is 1.96 bits per heavy atom. The molecule has 1 aliphatic carbocycles. The van der Waals surface area contributed by atoms with E-state index in [0.29, 0.717) is 23.5 Å². The van der Waals surface area contributed by atoms with Crippen LogP contribution in [-0.2, 0) is 11.3 Å². The minimum absolute atomic E-state index is 0.357. The van der Waals surface area contributed by atoms with Gasteiger partial charge in [-0.2, -0.15) is 0 Å². The van der Waals surface area contributed by atoms with Gasteiger partial charge in [-0.25, -0.2) is 4.98 Å². The molecule has 134 valence electrons. The third kappa shape index (κ3) is 4.56. The smallest absolute Gasteiger partial charge is 0.232 e. The molecule has 3 rings (SSSR count). The van der Waals surface area contributed by atoms with Gasteiger partial charge < -0.3 is 9.47 Å². The number of imidazole rings is 1. The van der Waals surface area contributed by atoms with Crippen LogP contribution >= 0.6 is 11.8 Å². The lowest BCUT2D eigenvalue weighted by molar-refractivity contribution is -0.129. The van der Waals surface area contributed by atoms with Gasteiger partial charge in [0.15, 0.2) is 0 Å². The van der Waals surface area contributed by atoms with Crippen LogP contribution in [0.3, 0.4) is 0 Å². The molecule has 2 aliphatic rings. The molecule has 0 radical (unpaired) electrons. The molecule has 0 spiro atoms. The summed E-state index contributed by atoms with van der Waals surface area (Å²) in [5, 5.41) is 0.738. The van der Waals surface area contributed by atoms with E-state index >= 15 is 0 Å². The van der Waals surface area contributed by atoms with Gasteiger partial charge in [0.05, 0.1) is 5.75 Å². The summed E-state index contributed by atoms with van der Waals surface area (Å²) < 4.78 is 2.31. The van der Waals surface area contributed by atoms with E-state index in [9.17, 15) is 4.79 Å². The van der Waals surface area contributed by atoms with Crippen molar-refractivity contribution < 1.29 is 4.79 Å². The van der Waals surface area contributed by atoms with Crippen LogP contribution in [0.2, 0.25) is 0 Å². The predicted molar refractivity (Wildman–Crippen MR) is 100 cm³/mol. The van der Waals surface area contributed by atoms with Crippen LogP contribution in [0, 0.1) is 5.92 Å². The molecule has 1 amide bonds. The molecule has 0 N–H and O–H groups in total. The number of thioether (sulfide) groups is 1. The second-order valence-electron chi connectivity index (χ2n) is 7.63. The number of aromatic nitrogens is 2. The fourth-order valence-corrected chi connectivity index (χ4v) is 5.18. The zero-order valence-electron chi connectivity index (χ0n) is 15.1. The Labute approximate surface area is 150 Å². The Balaban J connectivity index is 1.41. The molecule has 0 atom stereocenters. The van der Waals surface area contributed by atoms with Crippen molar-refractivity contribution in [1.82, 2.24) is 14.5 Å². The second-order valence-corrected chi connectivity index (χ2v) is 8.92. The molecule has 2 heterocycles. The number of nitrogens with zero attached hydrogens (tertiary/aromatic N) is 3. The van der Waals surface area contributed by atoms with Crippen LogP contribution in [0.25, 0.3) is 0 Å². The van der Waals surface area contributed by atoms with Crippen molar-refractivity contribution in [1.29, 1.82) is 0 Å². The SMILES string of the molecule is CC(C)c1nccn1CC1CCN(C(=O)CSC2CCCC2)CC1. The minimum Gasteiger partial charge on any atom is -0.342 e. The van der Waals surface area contributed by atoms with E-state index < -0.39 is 0 Å². The summed E-state index contributed by atoms with van der Waals surface area (Å²) in [6.07, 6.45) is 11.6. The van der Waals surface area contributed by atoms with Crippen molar-refractivity contribution in [3.63, 3.8) is 0 Å². The van der Waals surface area contributed by atoms with Crippen LogP contribution in [0.5, 0.6) is 0 Å². The van der Waals surface area contributed by atoms with Gasteiger partial charge in [0.2, 0.25) is 5.91 Å². The van der Waals surface area contributed by atoms with E-state index in [1.54, 1.807) is 0 Å². The van der Waals surface area contributed by atoms with Gasteiger partial charge in [-0.1, -0.05) is 26.7 Å². The monoisotopic (exact) mass is 349 g/mol. The predicted octanol–water partition coefficient (Wildman–Crippen LogP) is 3.92. The third-order valence-electron chi connectivity index (χ3n) is 5.43. The maximum Gasteiger partial charge on any atom is 0.232 e. The largest absolute Gasteiger partial charge is 0.342 e. The molecule has 5 heteroatoms. The van der Waals surface area contributed by atoms with Crippen LogP contribution in [-0.4, -0.2) is 44.5 Å². The number of carbonyl (C=O) groups excluding carboxylic acids is 1. The maximum atomic E-state index is 12.4. The Kier molecular flexibility index (Phi) is 6.25. The average molecular weight is 350 g/mol. The van der Waals surface area contributed by atoms with Gasteiger partial charge >= 0.3 is 0 Å². The van der Waals surface area contributed by atoms with Crippen molar-refractivity contribution in [2.75, 3.05) is 18.8 Å². The van der Waals surface area contributed by atoms with Crippen LogP contribution in [0.1, 0.15) is 64.1 Å².